The Bertz CT molecular complexity index is 1580. The van der Waals surface area contributed by atoms with Gasteiger partial charge >= 0.3 is 18.1 Å². The molecule has 1 saturated heterocycles. The molecule has 0 radical (unpaired) electrons. The van der Waals surface area contributed by atoms with Gasteiger partial charge in [-0.25, -0.2) is 9.59 Å². The normalized spacial score (nSPS) is 27.0. The maximum Gasteiger partial charge on any atom is 0.509 e. The number of nitrogens with one attached hydrogen (secondary N) is 1. The third-order valence-electron chi connectivity index (χ3n) is 10.7. The summed E-state index contributed by atoms with van der Waals surface area (Å²) in [5, 5.41) is 24.2. The Labute approximate surface area is 288 Å². The van der Waals surface area contributed by atoms with Crippen molar-refractivity contribution >= 4 is 32.3 Å². The number of ether oxygens (including phenoxy) is 4. The van der Waals surface area contributed by atoms with E-state index in [1.54, 1.807) is 26.8 Å². The van der Waals surface area contributed by atoms with Crippen LogP contribution in [0.25, 0.3) is 0 Å². The van der Waals surface area contributed by atoms with E-state index in [9.17, 15) is 29.4 Å². The molecule has 5 rings (SSSR count). The van der Waals surface area contributed by atoms with E-state index in [0.29, 0.717) is 30.9 Å². The first kappa shape index (κ1) is 36.7. The summed E-state index contributed by atoms with van der Waals surface area (Å²) in [6, 6.07) is 2.55. The van der Waals surface area contributed by atoms with E-state index < -0.39 is 73.6 Å². The number of hydrogen-bond donors (Lipinski definition) is 3. The van der Waals surface area contributed by atoms with Crippen molar-refractivity contribution in [1.29, 1.82) is 0 Å². The second-order valence-corrected chi connectivity index (χ2v) is 21.0. The Balaban J connectivity index is 1.41. The molecule has 1 spiro atoms. The Morgan fingerprint density at radius 3 is 2.43 bits per heavy atom. The van der Waals surface area contributed by atoms with Crippen LogP contribution in [0.1, 0.15) is 78.9 Å². The molecule has 0 saturated carbocycles. The predicted molar refractivity (Wildman–Crippen MR) is 180 cm³/mol. The lowest BCUT2D eigenvalue weighted by atomic mass is 9.50. The quantitative estimate of drug-likeness (QED) is 0.248. The molecule has 1 amide bonds. The Hall–Kier alpha value is -3.62. The lowest BCUT2D eigenvalue weighted by Gasteiger charge is -2.61. The van der Waals surface area contributed by atoms with Crippen LogP contribution in [0.3, 0.4) is 0 Å². The number of nitrogens with zero attached hydrogens (tertiary/aromatic N) is 1. The van der Waals surface area contributed by atoms with Crippen molar-refractivity contribution in [2.75, 3.05) is 13.6 Å². The summed E-state index contributed by atoms with van der Waals surface area (Å²) < 4.78 is 29.6. The number of amides is 1. The SMILES string of the molecule is CC(NC(=O)C(CC(=O)O)OC(=O)OC(C)(C)C)C(=O)OC1=CC[C@@]2(O)[C@H]3Cc4ccc(O[Si](C)(C)C(C)(C)C)c5c4[C@@]2(CCN3C)[C@H]1O5. The van der Waals surface area contributed by atoms with Crippen LogP contribution < -0.4 is 14.5 Å². The number of carbonyl (C=O) groups is 4. The number of esters is 1. The number of hydrogen-bond acceptors (Lipinski definition) is 11. The molecule has 1 aromatic rings. The third-order valence-corrected chi connectivity index (χ3v) is 15.1. The number of benzene rings is 1. The fourth-order valence-electron chi connectivity index (χ4n) is 7.24. The number of aliphatic carboxylic acids is 1. The van der Waals surface area contributed by atoms with Gasteiger partial charge < -0.3 is 43.8 Å². The van der Waals surface area contributed by atoms with E-state index >= 15 is 0 Å². The number of aliphatic hydroxyl groups is 1. The van der Waals surface area contributed by atoms with Crippen LogP contribution in [0.15, 0.2) is 24.0 Å². The van der Waals surface area contributed by atoms with Gasteiger partial charge in [-0.15, -0.1) is 0 Å². The molecule has 2 unspecified atom stereocenters. The zero-order chi connectivity index (χ0) is 36.5. The number of piperidine rings is 1. The highest BCUT2D eigenvalue weighted by Gasteiger charge is 2.72. The smallest absolute Gasteiger partial charge is 0.509 e. The molecule has 2 heterocycles. The highest BCUT2D eigenvalue weighted by Crippen LogP contribution is 2.65. The van der Waals surface area contributed by atoms with Crippen LogP contribution in [0.4, 0.5) is 4.79 Å². The van der Waals surface area contributed by atoms with E-state index in [2.05, 4.69) is 50.1 Å². The van der Waals surface area contributed by atoms with Crippen LogP contribution in [0, 0.1) is 0 Å². The fraction of sp³-hybridized carbons (Fsp3) is 0.657. The molecule has 0 aromatic heterocycles. The number of likely N-dealkylation sites (tertiary alicyclic amines) is 1. The van der Waals surface area contributed by atoms with Crippen LogP contribution in [0.5, 0.6) is 11.5 Å². The summed E-state index contributed by atoms with van der Waals surface area (Å²) in [4.78, 5) is 52.4. The van der Waals surface area contributed by atoms with Gasteiger partial charge in [-0.1, -0.05) is 26.8 Å². The van der Waals surface area contributed by atoms with E-state index in [1.807, 2.05) is 13.1 Å². The summed E-state index contributed by atoms with van der Waals surface area (Å²) in [6.07, 6.45) is -1.59. The van der Waals surface area contributed by atoms with E-state index in [4.69, 9.17) is 23.4 Å². The van der Waals surface area contributed by atoms with E-state index in [-0.39, 0.29) is 23.3 Å². The summed E-state index contributed by atoms with van der Waals surface area (Å²) in [5.74, 6) is -1.85. The van der Waals surface area contributed by atoms with Gasteiger partial charge in [0, 0.05) is 18.0 Å². The minimum atomic E-state index is -2.30. The van der Waals surface area contributed by atoms with Crippen molar-refractivity contribution in [3.8, 4) is 11.5 Å². The Morgan fingerprint density at radius 1 is 1.14 bits per heavy atom. The molecule has 2 aliphatic carbocycles. The zero-order valence-electron chi connectivity index (χ0n) is 30.1. The molecule has 1 aromatic carbocycles. The Kier molecular flexibility index (Phi) is 9.20. The average Bonchev–Trinajstić information content (AvgIpc) is 3.31. The van der Waals surface area contributed by atoms with Crippen molar-refractivity contribution in [3.63, 3.8) is 0 Å². The highest BCUT2D eigenvalue weighted by molar-refractivity contribution is 6.74. The summed E-state index contributed by atoms with van der Waals surface area (Å²) in [7, 11) is -0.291. The second kappa shape index (κ2) is 12.3. The summed E-state index contributed by atoms with van der Waals surface area (Å²) in [5.41, 5.74) is -1.10. The van der Waals surface area contributed by atoms with Crippen LogP contribution in [0.2, 0.25) is 18.1 Å². The van der Waals surface area contributed by atoms with Crippen LogP contribution >= 0.6 is 0 Å². The predicted octanol–water partition coefficient (Wildman–Crippen LogP) is 4.19. The van der Waals surface area contributed by atoms with Crippen molar-refractivity contribution in [2.45, 2.75) is 133 Å². The van der Waals surface area contributed by atoms with Crippen molar-refractivity contribution in [1.82, 2.24) is 10.2 Å². The minimum Gasteiger partial charge on any atom is -0.541 e. The van der Waals surface area contributed by atoms with Gasteiger partial charge in [0.25, 0.3) is 14.2 Å². The zero-order valence-corrected chi connectivity index (χ0v) is 31.1. The first-order valence-electron chi connectivity index (χ1n) is 16.8. The van der Waals surface area contributed by atoms with Crippen molar-refractivity contribution in [3.05, 3.63) is 35.1 Å². The van der Waals surface area contributed by atoms with E-state index in [1.165, 1.54) is 6.92 Å². The fourth-order valence-corrected chi connectivity index (χ4v) is 8.26. The summed E-state index contributed by atoms with van der Waals surface area (Å²) >= 11 is 0. The van der Waals surface area contributed by atoms with Gasteiger partial charge in [-0.3, -0.25) is 9.59 Å². The van der Waals surface area contributed by atoms with E-state index in [0.717, 1.165) is 11.1 Å². The lowest BCUT2D eigenvalue weighted by Crippen LogP contribution is -2.74. The van der Waals surface area contributed by atoms with Gasteiger partial charge in [-0.2, -0.15) is 0 Å². The molecular weight excluding hydrogens is 652 g/mol. The van der Waals surface area contributed by atoms with Gasteiger partial charge in [0.15, 0.2) is 18.0 Å². The molecular formula is C35H50N2O11Si. The molecule has 6 atom stereocenters. The van der Waals surface area contributed by atoms with Crippen LogP contribution in [-0.4, -0.2) is 96.5 Å². The maximum absolute atomic E-state index is 13.5. The number of carbonyl (C=O) groups excluding carboxylic acids is 3. The first-order chi connectivity index (χ1) is 22.5. The molecule has 3 N–H and O–H groups in total. The number of carboxylic acid groups (broad SMARTS) is 1. The molecule has 1 fully saturated rings. The molecule has 13 nitrogen and oxygen atoms in total. The lowest BCUT2D eigenvalue weighted by molar-refractivity contribution is -0.170. The van der Waals surface area contributed by atoms with Crippen LogP contribution in [-0.2, 0) is 40.4 Å². The number of carboxylic acids is 1. The minimum absolute atomic E-state index is 0.0821. The topological polar surface area (TPSA) is 170 Å². The first-order valence-corrected chi connectivity index (χ1v) is 19.7. The van der Waals surface area contributed by atoms with Crippen molar-refractivity contribution in [2.24, 2.45) is 0 Å². The standard InChI is InChI=1S/C35H50N2O11Si/c1-19(36-29(40)23(18-25(38)39)45-31(42)47-32(2,3)4)30(41)44-22-13-14-35(43)24-17-20-11-12-21(48-49(9,10)33(5,6)7)27-26(20)34(35,28(22)46-27)15-16-37(24)8/h11-13,19,23-24,28,43H,14-18H2,1-10H3,(H,36,40)(H,38,39)/t19?,23?,24-,28+,34+,35-/m1/s1. The molecule has 14 heteroatoms. The monoisotopic (exact) mass is 702 g/mol. The second-order valence-electron chi connectivity index (χ2n) is 16.3. The number of likely N-dealkylation sites (N-methyl/N-ethyl adjacent to an activating group) is 1. The third kappa shape index (κ3) is 6.42. The van der Waals surface area contributed by atoms with Gasteiger partial charge in [-0.05, 0) is 90.0 Å². The average molecular weight is 703 g/mol. The maximum atomic E-state index is 13.5. The molecule has 2 aliphatic heterocycles. The van der Waals surface area contributed by atoms with Gasteiger partial charge in [0.2, 0.25) is 0 Å². The molecule has 2 bridgehead atoms. The molecule has 49 heavy (non-hydrogen) atoms. The summed E-state index contributed by atoms with van der Waals surface area (Å²) in [6.45, 7) is 17.6. The molecule has 4 aliphatic rings. The largest absolute Gasteiger partial charge is 0.541 e. The molecule has 270 valence electrons. The van der Waals surface area contributed by atoms with Gasteiger partial charge in [0.05, 0.1) is 17.4 Å². The van der Waals surface area contributed by atoms with Gasteiger partial charge in [0.1, 0.15) is 23.2 Å². The Morgan fingerprint density at radius 2 is 1.82 bits per heavy atom. The highest BCUT2D eigenvalue weighted by atomic mass is 28.4. The van der Waals surface area contributed by atoms with Crippen molar-refractivity contribution < 1.29 is 52.8 Å². The number of rotatable bonds is 9.